The third-order valence-corrected chi connectivity index (χ3v) is 3.77. The second kappa shape index (κ2) is 8.79. The number of amides is 1. The molecule has 0 spiro atoms. The van der Waals surface area contributed by atoms with Crippen molar-refractivity contribution in [1.29, 1.82) is 0 Å². The molecule has 1 atom stereocenters. The number of carbonyl (C=O) groups excluding carboxylic acids is 1. The molecule has 2 rings (SSSR count). The lowest BCUT2D eigenvalue weighted by atomic mass is 10.2. The van der Waals surface area contributed by atoms with E-state index in [9.17, 15) is 4.79 Å². The number of benzene rings is 1. The van der Waals surface area contributed by atoms with E-state index in [0.717, 1.165) is 25.0 Å². The van der Waals surface area contributed by atoms with Gasteiger partial charge in [-0.25, -0.2) is 0 Å². The zero-order valence-corrected chi connectivity index (χ0v) is 14.2. The average molecular weight is 340 g/mol. The molecule has 23 heavy (non-hydrogen) atoms. The molecule has 0 aliphatic carbocycles. The molecule has 1 amide bonds. The van der Waals surface area contributed by atoms with Gasteiger partial charge in [-0.2, -0.15) is 0 Å². The summed E-state index contributed by atoms with van der Waals surface area (Å²) in [5.41, 5.74) is 0.770. The van der Waals surface area contributed by atoms with E-state index in [0.29, 0.717) is 29.7 Å². The molecule has 0 bridgehead atoms. The van der Waals surface area contributed by atoms with Crippen molar-refractivity contribution < 1.29 is 19.0 Å². The summed E-state index contributed by atoms with van der Waals surface area (Å²) in [6, 6.07) is 3.52. The summed E-state index contributed by atoms with van der Waals surface area (Å²) in [5, 5.41) is 3.27. The Kier molecular flexibility index (Phi) is 6.74. The minimum atomic E-state index is -0.162. The normalized spacial score (nSPS) is 17.4. The van der Waals surface area contributed by atoms with Crippen molar-refractivity contribution in [2.45, 2.75) is 25.9 Å². The molecule has 0 aromatic heterocycles. The maximum atomic E-state index is 11.8. The highest BCUT2D eigenvalue weighted by Crippen LogP contribution is 2.36. The van der Waals surface area contributed by atoms with E-state index in [-0.39, 0.29) is 12.0 Å². The number of carbonyl (C=O) groups is 1. The van der Waals surface area contributed by atoms with E-state index >= 15 is 0 Å². The fourth-order valence-corrected chi connectivity index (χ4v) is 2.69. The number of rotatable bonds is 7. The summed E-state index contributed by atoms with van der Waals surface area (Å²) >= 11 is 6.18. The van der Waals surface area contributed by atoms with Gasteiger partial charge in [0.15, 0.2) is 11.5 Å². The Balaban J connectivity index is 1.98. The predicted molar refractivity (Wildman–Crippen MR) is 90.2 cm³/mol. The molecular weight excluding hydrogens is 318 g/mol. The van der Waals surface area contributed by atoms with E-state index in [2.05, 4.69) is 5.32 Å². The van der Waals surface area contributed by atoms with Gasteiger partial charge >= 0.3 is 0 Å². The maximum Gasteiger partial charge on any atom is 0.244 e. The van der Waals surface area contributed by atoms with E-state index in [1.165, 1.54) is 13.2 Å². The molecule has 1 heterocycles. The fraction of sp³-hybridized carbons (Fsp3) is 0.471. The van der Waals surface area contributed by atoms with Crippen molar-refractivity contribution >= 4 is 23.6 Å². The molecule has 6 heteroatoms. The highest BCUT2D eigenvalue weighted by atomic mass is 35.5. The number of nitrogens with one attached hydrogen (secondary N) is 1. The second-order valence-electron chi connectivity index (χ2n) is 5.18. The first kappa shape index (κ1) is 17.6. The van der Waals surface area contributed by atoms with Gasteiger partial charge in [0.2, 0.25) is 5.91 Å². The Hall–Kier alpha value is -1.72. The lowest BCUT2D eigenvalue weighted by Crippen LogP contribution is -2.30. The van der Waals surface area contributed by atoms with E-state index < -0.39 is 0 Å². The van der Waals surface area contributed by atoms with E-state index in [4.69, 9.17) is 25.8 Å². The topological polar surface area (TPSA) is 56.8 Å². The maximum absolute atomic E-state index is 11.8. The van der Waals surface area contributed by atoms with Gasteiger partial charge in [0.1, 0.15) is 0 Å². The molecule has 5 nitrogen and oxygen atoms in total. The van der Waals surface area contributed by atoms with E-state index in [1.54, 1.807) is 18.2 Å². The molecule has 1 N–H and O–H groups in total. The summed E-state index contributed by atoms with van der Waals surface area (Å²) in [6.07, 6.45) is 5.35. The van der Waals surface area contributed by atoms with Crippen LogP contribution >= 0.6 is 11.6 Å². The minimum Gasteiger partial charge on any atom is -0.491 e. The SMILES string of the molecule is CCOc1cc(/C=C/C(=O)NCC2CCCO2)cc(Cl)c1OC. The second-order valence-corrected chi connectivity index (χ2v) is 5.59. The van der Waals surface area contributed by atoms with Gasteiger partial charge in [0.25, 0.3) is 0 Å². The third-order valence-electron chi connectivity index (χ3n) is 3.49. The van der Waals surface area contributed by atoms with Gasteiger partial charge in [-0.15, -0.1) is 0 Å². The number of halogens is 1. The molecule has 1 aromatic carbocycles. The van der Waals surface area contributed by atoms with E-state index in [1.807, 2.05) is 6.92 Å². The number of methoxy groups -OCH3 is 1. The number of hydrogen-bond acceptors (Lipinski definition) is 4. The average Bonchev–Trinajstić information content (AvgIpc) is 3.04. The molecule has 1 aliphatic rings. The standard InChI is InChI=1S/C17H22ClNO4/c1-3-22-15-10-12(9-14(18)17(15)21-2)6-7-16(20)19-11-13-5-4-8-23-13/h6-7,9-10,13H,3-5,8,11H2,1-2H3,(H,19,20)/b7-6+. The zero-order valence-electron chi connectivity index (χ0n) is 13.4. The summed E-state index contributed by atoms with van der Waals surface area (Å²) in [4.78, 5) is 11.8. The lowest BCUT2D eigenvalue weighted by Gasteiger charge is -2.12. The Morgan fingerprint density at radius 1 is 1.52 bits per heavy atom. The molecule has 1 fully saturated rings. The van der Waals surface area contributed by atoms with Crippen LogP contribution in [0, 0.1) is 0 Å². The molecule has 126 valence electrons. The van der Waals surface area contributed by atoms with Gasteiger partial charge in [-0.3, -0.25) is 4.79 Å². The van der Waals surface area contributed by atoms with Crippen molar-refractivity contribution in [1.82, 2.24) is 5.32 Å². The van der Waals surface area contributed by atoms with Gasteiger partial charge < -0.3 is 19.5 Å². The molecule has 0 radical (unpaired) electrons. The quantitative estimate of drug-likeness (QED) is 0.776. The van der Waals surface area contributed by atoms with Crippen LogP contribution in [0.2, 0.25) is 5.02 Å². The van der Waals surface area contributed by atoms with Crippen LogP contribution in [0.4, 0.5) is 0 Å². The van der Waals surface area contributed by atoms with Crippen molar-refractivity contribution in [2.75, 3.05) is 26.9 Å². The molecule has 1 unspecified atom stereocenters. The molecule has 0 saturated carbocycles. The van der Waals surface area contributed by atoms with Crippen LogP contribution in [0.25, 0.3) is 6.08 Å². The van der Waals surface area contributed by atoms with Crippen LogP contribution < -0.4 is 14.8 Å². The Bertz CT molecular complexity index is 568. The number of ether oxygens (including phenoxy) is 3. The van der Waals surface area contributed by atoms with Crippen LogP contribution in [0.5, 0.6) is 11.5 Å². The first-order valence-corrected chi connectivity index (χ1v) is 8.09. The van der Waals surface area contributed by atoms with Crippen LogP contribution in [0.3, 0.4) is 0 Å². The molecule has 1 saturated heterocycles. The van der Waals surface area contributed by atoms with Crippen LogP contribution in [0.15, 0.2) is 18.2 Å². The first-order chi connectivity index (χ1) is 11.1. The Morgan fingerprint density at radius 2 is 2.35 bits per heavy atom. The fourth-order valence-electron chi connectivity index (χ4n) is 2.40. The van der Waals surface area contributed by atoms with Crippen LogP contribution in [-0.4, -0.2) is 38.9 Å². The summed E-state index contributed by atoms with van der Waals surface area (Å²) in [7, 11) is 1.54. The monoisotopic (exact) mass is 339 g/mol. The minimum absolute atomic E-state index is 0.132. The smallest absolute Gasteiger partial charge is 0.244 e. The van der Waals surface area contributed by atoms with Crippen molar-refractivity contribution in [3.8, 4) is 11.5 Å². The Labute approximate surface area is 141 Å². The number of hydrogen-bond donors (Lipinski definition) is 1. The summed E-state index contributed by atoms with van der Waals surface area (Å²) in [5.74, 6) is 0.890. The zero-order chi connectivity index (χ0) is 16.7. The van der Waals surface area contributed by atoms with Crippen molar-refractivity contribution in [3.63, 3.8) is 0 Å². The van der Waals surface area contributed by atoms with Crippen LogP contribution in [-0.2, 0) is 9.53 Å². The molecule has 1 aliphatic heterocycles. The highest BCUT2D eigenvalue weighted by molar-refractivity contribution is 6.32. The van der Waals surface area contributed by atoms with Gasteiger partial charge in [0, 0.05) is 19.2 Å². The van der Waals surface area contributed by atoms with Crippen molar-refractivity contribution in [3.05, 3.63) is 28.8 Å². The first-order valence-electron chi connectivity index (χ1n) is 7.72. The predicted octanol–water partition coefficient (Wildman–Crippen LogP) is 3.06. The van der Waals surface area contributed by atoms with Gasteiger partial charge in [-0.05, 0) is 43.5 Å². The van der Waals surface area contributed by atoms with Gasteiger partial charge in [0.05, 0.1) is 24.8 Å². The van der Waals surface area contributed by atoms with Gasteiger partial charge in [-0.1, -0.05) is 11.6 Å². The highest BCUT2D eigenvalue weighted by Gasteiger charge is 2.15. The largest absolute Gasteiger partial charge is 0.491 e. The molecule has 1 aromatic rings. The van der Waals surface area contributed by atoms with Crippen molar-refractivity contribution in [2.24, 2.45) is 0 Å². The molecular formula is C17H22ClNO4. The summed E-state index contributed by atoms with van der Waals surface area (Å²) < 4.78 is 16.2. The lowest BCUT2D eigenvalue weighted by molar-refractivity contribution is -0.116. The summed E-state index contributed by atoms with van der Waals surface area (Å²) in [6.45, 7) is 3.70. The third kappa shape index (κ3) is 5.15. The Morgan fingerprint density at radius 3 is 3.00 bits per heavy atom. The van der Waals surface area contributed by atoms with Crippen LogP contribution in [0.1, 0.15) is 25.3 Å².